The van der Waals surface area contributed by atoms with E-state index in [0.29, 0.717) is 22.8 Å². The number of methoxy groups -OCH3 is 1. The van der Waals surface area contributed by atoms with E-state index in [1.54, 1.807) is 31.4 Å². The Labute approximate surface area is 186 Å². The number of ether oxygens (including phenoxy) is 1. The topological polar surface area (TPSA) is 58.6 Å². The van der Waals surface area contributed by atoms with Gasteiger partial charge >= 0.3 is 0 Å². The molecule has 0 fully saturated rings. The SMILES string of the molecule is COc1cccc(C(=O)Nc2ccc(SCC(=O)N3CCCc4ccccc43)cc2)c1. The summed E-state index contributed by atoms with van der Waals surface area (Å²) in [6.07, 6.45) is 2.02. The van der Waals surface area contributed by atoms with E-state index in [9.17, 15) is 9.59 Å². The number of amides is 2. The van der Waals surface area contributed by atoms with Crippen LogP contribution in [-0.2, 0) is 11.2 Å². The van der Waals surface area contributed by atoms with E-state index in [0.717, 1.165) is 30.0 Å². The minimum atomic E-state index is -0.196. The molecule has 0 spiro atoms. The molecule has 1 aliphatic heterocycles. The number of carbonyl (C=O) groups excluding carboxylic acids is 2. The van der Waals surface area contributed by atoms with Gasteiger partial charge in [0.25, 0.3) is 5.91 Å². The number of hydrogen-bond acceptors (Lipinski definition) is 4. The maximum atomic E-state index is 12.8. The van der Waals surface area contributed by atoms with Gasteiger partial charge in [0.2, 0.25) is 5.91 Å². The second kappa shape index (κ2) is 9.71. The van der Waals surface area contributed by atoms with Gasteiger partial charge in [-0.15, -0.1) is 11.8 Å². The fourth-order valence-electron chi connectivity index (χ4n) is 3.62. The van der Waals surface area contributed by atoms with Crippen LogP contribution in [0.4, 0.5) is 11.4 Å². The maximum Gasteiger partial charge on any atom is 0.255 e. The lowest BCUT2D eigenvalue weighted by Gasteiger charge is -2.29. The van der Waals surface area contributed by atoms with Crippen LogP contribution < -0.4 is 15.0 Å². The van der Waals surface area contributed by atoms with Crippen LogP contribution in [0.1, 0.15) is 22.3 Å². The number of anilines is 2. The number of nitrogens with zero attached hydrogens (tertiary/aromatic N) is 1. The van der Waals surface area contributed by atoms with Gasteiger partial charge in [-0.3, -0.25) is 9.59 Å². The third-order valence-electron chi connectivity index (χ3n) is 5.22. The zero-order valence-electron chi connectivity index (χ0n) is 17.3. The number of aryl methyl sites for hydroxylation is 1. The van der Waals surface area contributed by atoms with Gasteiger partial charge in [0.1, 0.15) is 5.75 Å². The van der Waals surface area contributed by atoms with Crippen LogP contribution in [-0.4, -0.2) is 31.2 Å². The molecule has 0 bridgehead atoms. The molecule has 0 unspecified atom stereocenters. The van der Waals surface area contributed by atoms with Gasteiger partial charge in [0.15, 0.2) is 0 Å². The lowest BCUT2D eigenvalue weighted by atomic mass is 10.0. The van der Waals surface area contributed by atoms with Crippen LogP contribution in [0.5, 0.6) is 5.75 Å². The van der Waals surface area contributed by atoms with Crippen molar-refractivity contribution in [2.75, 3.05) is 29.6 Å². The predicted molar refractivity (Wildman–Crippen MR) is 125 cm³/mol. The van der Waals surface area contributed by atoms with Crippen LogP contribution in [0, 0.1) is 0 Å². The molecule has 1 aliphatic rings. The number of nitrogens with one attached hydrogen (secondary N) is 1. The molecule has 6 heteroatoms. The Kier molecular flexibility index (Phi) is 6.57. The fourth-order valence-corrected chi connectivity index (χ4v) is 4.39. The van der Waals surface area contributed by atoms with Crippen LogP contribution in [0.15, 0.2) is 77.7 Å². The minimum Gasteiger partial charge on any atom is -0.497 e. The average molecular weight is 433 g/mol. The number of hydrogen-bond donors (Lipinski definition) is 1. The van der Waals surface area contributed by atoms with Crippen molar-refractivity contribution < 1.29 is 14.3 Å². The highest BCUT2D eigenvalue weighted by Gasteiger charge is 2.21. The first-order valence-electron chi connectivity index (χ1n) is 10.2. The molecule has 0 atom stereocenters. The minimum absolute atomic E-state index is 0.118. The Morgan fingerprint density at radius 1 is 1.03 bits per heavy atom. The van der Waals surface area contributed by atoms with Gasteiger partial charge < -0.3 is 15.0 Å². The first-order chi connectivity index (χ1) is 15.1. The van der Waals surface area contributed by atoms with Crippen LogP contribution in [0.2, 0.25) is 0 Å². The van der Waals surface area contributed by atoms with E-state index in [4.69, 9.17) is 4.74 Å². The molecule has 158 valence electrons. The highest BCUT2D eigenvalue weighted by Crippen LogP contribution is 2.28. The summed E-state index contributed by atoms with van der Waals surface area (Å²) in [5.74, 6) is 0.940. The molecular formula is C25H24N2O3S. The van der Waals surface area contributed by atoms with E-state index in [2.05, 4.69) is 11.4 Å². The molecule has 5 nitrogen and oxygen atoms in total. The van der Waals surface area contributed by atoms with Gasteiger partial charge in [-0.2, -0.15) is 0 Å². The Morgan fingerprint density at radius 3 is 2.65 bits per heavy atom. The van der Waals surface area contributed by atoms with E-state index in [1.807, 2.05) is 47.4 Å². The van der Waals surface area contributed by atoms with E-state index in [1.165, 1.54) is 17.3 Å². The normalized spacial score (nSPS) is 12.7. The van der Waals surface area contributed by atoms with E-state index < -0.39 is 0 Å². The number of thioether (sulfide) groups is 1. The van der Waals surface area contributed by atoms with Crippen LogP contribution in [0.3, 0.4) is 0 Å². The molecule has 3 aromatic rings. The maximum absolute atomic E-state index is 12.8. The molecule has 0 saturated carbocycles. The van der Waals surface area contributed by atoms with Crippen molar-refractivity contribution in [3.63, 3.8) is 0 Å². The summed E-state index contributed by atoms with van der Waals surface area (Å²) in [6, 6.07) is 22.7. The summed E-state index contributed by atoms with van der Waals surface area (Å²) in [5, 5.41) is 2.89. The number of para-hydroxylation sites is 1. The Hall–Kier alpha value is -3.25. The molecule has 1 N–H and O–H groups in total. The molecule has 4 rings (SSSR count). The van der Waals surface area contributed by atoms with Gasteiger partial charge in [-0.05, 0) is 66.9 Å². The molecule has 2 amide bonds. The van der Waals surface area contributed by atoms with Crippen LogP contribution >= 0.6 is 11.8 Å². The standard InChI is InChI=1S/C25H24N2O3S/c1-30-21-9-4-7-19(16-21)25(29)26-20-11-13-22(14-12-20)31-17-24(28)27-15-5-8-18-6-2-3-10-23(18)27/h2-4,6-7,9-14,16H,5,8,15,17H2,1H3,(H,26,29). The summed E-state index contributed by atoms with van der Waals surface area (Å²) in [4.78, 5) is 28.1. The first kappa shape index (κ1) is 21.0. The molecule has 0 saturated heterocycles. The number of rotatable bonds is 6. The van der Waals surface area contributed by atoms with Gasteiger partial charge in [-0.1, -0.05) is 24.3 Å². The second-order valence-corrected chi connectivity index (χ2v) is 8.33. The fraction of sp³-hybridized carbons (Fsp3) is 0.200. The Bertz CT molecular complexity index is 1080. The summed E-state index contributed by atoms with van der Waals surface area (Å²) < 4.78 is 5.17. The summed E-state index contributed by atoms with van der Waals surface area (Å²) >= 11 is 1.51. The summed E-state index contributed by atoms with van der Waals surface area (Å²) in [7, 11) is 1.57. The van der Waals surface area contributed by atoms with Crippen molar-refractivity contribution in [1.82, 2.24) is 0 Å². The lowest BCUT2D eigenvalue weighted by molar-refractivity contribution is -0.116. The summed E-state index contributed by atoms with van der Waals surface area (Å²) in [6.45, 7) is 0.769. The third-order valence-corrected chi connectivity index (χ3v) is 6.21. The average Bonchev–Trinajstić information content (AvgIpc) is 2.83. The predicted octanol–water partition coefficient (Wildman–Crippen LogP) is 5.02. The smallest absolute Gasteiger partial charge is 0.255 e. The molecule has 31 heavy (non-hydrogen) atoms. The molecule has 0 aromatic heterocycles. The number of fused-ring (bicyclic) bond motifs is 1. The van der Waals surface area contributed by atoms with Crippen molar-refractivity contribution in [2.45, 2.75) is 17.7 Å². The monoisotopic (exact) mass is 432 g/mol. The number of benzene rings is 3. The largest absolute Gasteiger partial charge is 0.497 e. The van der Waals surface area contributed by atoms with E-state index in [-0.39, 0.29) is 11.8 Å². The highest BCUT2D eigenvalue weighted by molar-refractivity contribution is 8.00. The molecule has 1 heterocycles. The molecule has 0 radical (unpaired) electrons. The van der Waals surface area contributed by atoms with Crippen molar-refractivity contribution in [1.29, 1.82) is 0 Å². The quantitative estimate of drug-likeness (QED) is 0.556. The molecular weight excluding hydrogens is 408 g/mol. The van der Waals surface area contributed by atoms with Gasteiger partial charge in [0, 0.05) is 28.4 Å². The summed E-state index contributed by atoms with van der Waals surface area (Å²) in [5.41, 5.74) is 3.51. The van der Waals surface area contributed by atoms with Gasteiger partial charge in [0.05, 0.1) is 12.9 Å². The van der Waals surface area contributed by atoms with Gasteiger partial charge in [-0.25, -0.2) is 0 Å². The Morgan fingerprint density at radius 2 is 1.84 bits per heavy atom. The van der Waals surface area contributed by atoms with Crippen molar-refractivity contribution in [3.05, 3.63) is 83.9 Å². The second-order valence-electron chi connectivity index (χ2n) is 7.28. The zero-order chi connectivity index (χ0) is 21.6. The molecule has 0 aliphatic carbocycles. The number of carbonyl (C=O) groups is 2. The zero-order valence-corrected chi connectivity index (χ0v) is 18.2. The van der Waals surface area contributed by atoms with Crippen LogP contribution in [0.25, 0.3) is 0 Å². The van der Waals surface area contributed by atoms with Crippen molar-refractivity contribution in [3.8, 4) is 5.75 Å². The first-order valence-corrected chi connectivity index (χ1v) is 11.2. The molecule has 3 aromatic carbocycles. The van der Waals surface area contributed by atoms with E-state index >= 15 is 0 Å². The van der Waals surface area contributed by atoms with Crippen molar-refractivity contribution in [2.24, 2.45) is 0 Å². The lowest BCUT2D eigenvalue weighted by Crippen LogP contribution is -2.36. The Balaban J connectivity index is 1.34. The highest BCUT2D eigenvalue weighted by atomic mass is 32.2. The van der Waals surface area contributed by atoms with Crippen molar-refractivity contribution >= 4 is 35.0 Å². The third kappa shape index (κ3) is 5.09.